The summed E-state index contributed by atoms with van der Waals surface area (Å²) in [6, 6.07) is 8.18. The predicted molar refractivity (Wildman–Crippen MR) is 120 cm³/mol. The molecule has 0 spiro atoms. The van der Waals surface area contributed by atoms with Gasteiger partial charge < -0.3 is 24.3 Å². The van der Waals surface area contributed by atoms with Gasteiger partial charge in [0.1, 0.15) is 0 Å². The van der Waals surface area contributed by atoms with Crippen molar-refractivity contribution in [3.63, 3.8) is 0 Å². The SMILES string of the molecule is Cc1[nH]c2ccccc2c1/C=N\Nc1nc(N2CCOCC2)nc(N2CCOCC2)n1. The van der Waals surface area contributed by atoms with E-state index >= 15 is 0 Å². The third-order valence-corrected chi connectivity index (χ3v) is 5.50. The number of nitrogens with one attached hydrogen (secondary N) is 2. The quantitative estimate of drug-likeness (QED) is 0.474. The number of aryl methyl sites for hydroxylation is 1. The molecule has 162 valence electrons. The number of hydrogen-bond donors (Lipinski definition) is 2. The van der Waals surface area contributed by atoms with Gasteiger partial charge in [0.2, 0.25) is 17.8 Å². The zero-order valence-corrected chi connectivity index (χ0v) is 17.5. The highest BCUT2D eigenvalue weighted by atomic mass is 16.5. The lowest BCUT2D eigenvalue weighted by molar-refractivity contribution is 0.121. The maximum atomic E-state index is 5.47. The van der Waals surface area contributed by atoms with E-state index in [2.05, 4.69) is 47.4 Å². The lowest BCUT2D eigenvalue weighted by Crippen LogP contribution is -2.40. The Morgan fingerprint density at radius 1 is 0.935 bits per heavy atom. The monoisotopic (exact) mass is 422 g/mol. The third-order valence-electron chi connectivity index (χ3n) is 5.50. The number of hydrazone groups is 1. The van der Waals surface area contributed by atoms with Crippen molar-refractivity contribution in [1.29, 1.82) is 0 Å². The number of aromatic nitrogens is 4. The van der Waals surface area contributed by atoms with Crippen LogP contribution < -0.4 is 15.2 Å². The van der Waals surface area contributed by atoms with Crippen molar-refractivity contribution < 1.29 is 9.47 Å². The van der Waals surface area contributed by atoms with Gasteiger partial charge in [-0.25, -0.2) is 5.43 Å². The van der Waals surface area contributed by atoms with Crippen molar-refractivity contribution >= 4 is 35.0 Å². The van der Waals surface area contributed by atoms with Crippen LogP contribution in [-0.2, 0) is 9.47 Å². The molecule has 4 heterocycles. The minimum atomic E-state index is 0.423. The summed E-state index contributed by atoms with van der Waals surface area (Å²) in [6.07, 6.45) is 1.81. The van der Waals surface area contributed by atoms with Crippen LogP contribution in [0.5, 0.6) is 0 Å². The summed E-state index contributed by atoms with van der Waals surface area (Å²) < 4.78 is 10.9. The van der Waals surface area contributed by atoms with Crippen LogP contribution in [0.15, 0.2) is 29.4 Å². The van der Waals surface area contributed by atoms with Crippen LogP contribution in [0.3, 0.4) is 0 Å². The summed E-state index contributed by atoms with van der Waals surface area (Å²) >= 11 is 0. The van der Waals surface area contributed by atoms with E-state index in [4.69, 9.17) is 14.5 Å². The van der Waals surface area contributed by atoms with Gasteiger partial charge >= 0.3 is 0 Å². The van der Waals surface area contributed by atoms with Crippen LogP contribution in [0.25, 0.3) is 10.9 Å². The van der Waals surface area contributed by atoms with E-state index in [1.807, 2.05) is 19.1 Å². The van der Waals surface area contributed by atoms with E-state index in [-0.39, 0.29) is 0 Å². The van der Waals surface area contributed by atoms with Crippen molar-refractivity contribution in [2.24, 2.45) is 5.10 Å². The molecule has 0 saturated carbocycles. The minimum absolute atomic E-state index is 0.423. The molecule has 2 aliphatic rings. The molecular formula is C21H26N8O2. The number of nitrogens with zero attached hydrogens (tertiary/aromatic N) is 6. The smallest absolute Gasteiger partial charge is 0.250 e. The molecule has 2 aromatic heterocycles. The lowest BCUT2D eigenvalue weighted by atomic mass is 10.1. The fourth-order valence-corrected chi connectivity index (χ4v) is 3.83. The molecule has 2 aliphatic heterocycles. The Bertz CT molecular complexity index is 1030. The molecule has 0 bridgehead atoms. The average molecular weight is 422 g/mol. The summed E-state index contributed by atoms with van der Waals surface area (Å²) in [6.45, 7) is 7.72. The van der Waals surface area contributed by atoms with E-state index in [1.165, 1.54) is 0 Å². The second kappa shape index (κ2) is 8.86. The van der Waals surface area contributed by atoms with Gasteiger partial charge in [0, 0.05) is 48.3 Å². The molecule has 1 aromatic carbocycles. The number of rotatable bonds is 5. The van der Waals surface area contributed by atoms with Gasteiger partial charge in [-0.3, -0.25) is 0 Å². The molecule has 0 radical (unpaired) electrons. The average Bonchev–Trinajstić information content (AvgIpc) is 3.15. The molecule has 0 amide bonds. The first-order valence-electron chi connectivity index (χ1n) is 10.6. The van der Waals surface area contributed by atoms with E-state index in [0.29, 0.717) is 44.3 Å². The third kappa shape index (κ3) is 4.30. The lowest BCUT2D eigenvalue weighted by Gasteiger charge is -2.30. The van der Waals surface area contributed by atoms with Gasteiger partial charge in [-0.1, -0.05) is 18.2 Å². The van der Waals surface area contributed by atoms with Crippen molar-refractivity contribution in [1.82, 2.24) is 19.9 Å². The van der Waals surface area contributed by atoms with Crippen molar-refractivity contribution in [2.45, 2.75) is 6.92 Å². The number of H-pyrrole nitrogens is 1. The summed E-state index contributed by atoms with van der Waals surface area (Å²) in [5.74, 6) is 1.70. The van der Waals surface area contributed by atoms with Gasteiger partial charge in [0.15, 0.2) is 0 Å². The molecule has 2 N–H and O–H groups in total. The minimum Gasteiger partial charge on any atom is -0.378 e. The summed E-state index contributed by atoms with van der Waals surface area (Å²) in [4.78, 5) is 21.6. The number of benzene rings is 1. The first-order valence-corrected chi connectivity index (χ1v) is 10.6. The highest BCUT2D eigenvalue weighted by Gasteiger charge is 2.20. The van der Waals surface area contributed by atoms with Gasteiger partial charge in [0.05, 0.1) is 32.6 Å². The Labute approximate surface area is 180 Å². The first kappa shape index (κ1) is 19.7. The zero-order chi connectivity index (χ0) is 21.0. The Morgan fingerprint density at radius 2 is 1.55 bits per heavy atom. The number of aromatic amines is 1. The zero-order valence-electron chi connectivity index (χ0n) is 17.5. The maximum Gasteiger partial charge on any atom is 0.250 e. The highest BCUT2D eigenvalue weighted by Crippen LogP contribution is 2.21. The molecule has 3 aromatic rings. The summed E-state index contributed by atoms with van der Waals surface area (Å²) in [5, 5.41) is 5.56. The van der Waals surface area contributed by atoms with Gasteiger partial charge in [-0.05, 0) is 13.0 Å². The maximum absolute atomic E-state index is 5.47. The van der Waals surface area contributed by atoms with Crippen LogP contribution in [-0.4, -0.2) is 78.8 Å². The van der Waals surface area contributed by atoms with Crippen molar-refractivity contribution in [3.8, 4) is 0 Å². The molecule has 2 fully saturated rings. The van der Waals surface area contributed by atoms with E-state index < -0.39 is 0 Å². The van der Waals surface area contributed by atoms with Crippen LogP contribution in [0.1, 0.15) is 11.3 Å². The number of para-hydroxylation sites is 1. The molecule has 10 nitrogen and oxygen atoms in total. The first-order chi connectivity index (χ1) is 15.3. The van der Waals surface area contributed by atoms with Crippen LogP contribution in [0, 0.1) is 6.92 Å². The Hall–Kier alpha value is -3.24. The van der Waals surface area contributed by atoms with Gasteiger partial charge in [0.25, 0.3) is 0 Å². The standard InChI is InChI=1S/C21H26N8O2/c1-15-17(16-4-2-3-5-18(16)23-15)14-22-27-19-24-20(28-6-10-30-11-7-28)26-21(25-19)29-8-12-31-13-9-29/h2-5,14,23H,6-13H2,1H3,(H,24,25,26,27)/b22-14-. The molecule has 0 atom stereocenters. The molecule has 31 heavy (non-hydrogen) atoms. The normalized spacial score (nSPS) is 17.6. The molecule has 5 rings (SSSR count). The number of anilines is 3. The second-order valence-electron chi connectivity index (χ2n) is 7.54. The number of fused-ring (bicyclic) bond motifs is 1. The number of ether oxygens (including phenoxy) is 2. The summed E-state index contributed by atoms with van der Waals surface area (Å²) in [5.41, 5.74) is 6.20. The van der Waals surface area contributed by atoms with Crippen LogP contribution in [0.2, 0.25) is 0 Å². The van der Waals surface area contributed by atoms with Crippen LogP contribution in [0.4, 0.5) is 17.8 Å². The fourth-order valence-electron chi connectivity index (χ4n) is 3.83. The molecule has 10 heteroatoms. The Kier molecular flexibility index (Phi) is 5.63. The molecule has 0 unspecified atom stereocenters. The Morgan fingerprint density at radius 3 is 2.19 bits per heavy atom. The fraction of sp³-hybridized carbons (Fsp3) is 0.429. The topological polar surface area (TPSA) is 104 Å². The van der Waals surface area contributed by atoms with Crippen molar-refractivity contribution in [3.05, 3.63) is 35.5 Å². The number of hydrogen-bond acceptors (Lipinski definition) is 9. The Balaban J connectivity index is 1.41. The number of morpholine rings is 2. The van der Waals surface area contributed by atoms with Crippen molar-refractivity contribution in [2.75, 3.05) is 67.8 Å². The predicted octanol–water partition coefficient (Wildman–Crippen LogP) is 1.78. The van der Waals surface area contributed by atoms with E-state index in [9.17, 15) is 0 Å². The van der Waals surface area contributed by atoms with E-state index in [1.54, 1.807) is 6.21 Å². The second-order valence-corrected chi connectivity index (χ2v) is 7.54. The molecule has 0 aliphatic carbocycles. The van der Waals surface area contributed by atoms with Gasteiger partial charge in [-0.15, -0.1) is 0 Å². The van der Waals surface area contributed by atoms with E-state index in [0.717, 1.165) is 48.3 Å². The highest BCUT2D eigenvalue weighted by molar-refractivity contribution is 6.00. The van der Waals surface area contributed by atoms with Crippen LogP contribution >= 0.6 is 0 Å². The summed E-state index contributed by atoms with van der Waals surface area (Å²) in [7, 11) is 0. The molecular weight excluding hydrogens is 396 g/mol. The van der Waals surface area contributed by atoms with Gasteiger partial charge in [-0.2, -0.15) is 20.1 Å². The molecule has 2 saturated heterocycles. The largest absolute Gasteiger partial charge is 0.378 e.